The summed E-state index contributed by atoms with van der Waals surface area (Å²) in [4.78, 5) is 0. The largest absolute Gasteiger partial charge is 0.378 e. The minimum Gasteiger partial charge on any atom is -0.378 e. The van der Waals surface area contributed by atoms with E-state index in [2.05, 4.69) is 70.6 Å². The molecule has 2 aromatic carbocycles. The fraction of sp³-hybridized carbons (Fsp3) is 0.250. The van der Waals surface area contributed by atoms with Crippen LogP contribution in [0.1, 0.15) is 35.2 Å². The van der Waals surface area contributed by atoms with Crippen LogP contribution in [0.4, 0.5) is 5.69 Å². The van der Waals surface area contributed by atoms with Crippen molar-refractivity contribution in [2.75, 3.05) is 5.32 Å². The Morgan fingerprint density at radius 3 is 2.63 bits per heavy atom. The lowest BCUT2D eigenvalue weighted by Gasteiger charge is -2.16. The Hall–Kier alpha value is -1.32. The van der Waals surface area contributed by atoms with Crippen LogP contribution in [-0.4, -0.2) is 0 Å². The van der Waals surface area contributed by atoms with Gasteiger partial charge >= 0.3 is 0 Å². The second kappa shape index (κ2) is 4.99. The first-order chi connectivity index (χ1) is 9.13. The lowest BCUT2D eigenvalue weighted by molar-refractivity contribution is 0.648. The van der Waals surface area contributed by atoms with E-state index in [-0.39, 0.29) is 6.04 Å². The number of fused-ring (bicyclic) bond motifs is 1. The number of halogens is 1. The molecular formula is C16H17BrN2. The molecule has 2 atom stereocenters. The monoisotopic (exact) mass is 316 g/mol. The maximum absolute atomic E-state index is 6.20. The van der Waals surface area contributed by atoms with Crippen molar-refractivity contribution in [3.63, 3.8) is 0 Å². The van der Waals surface area contributed by atoms with Crippen molar-refractivity contribution < 1.29 is 0 Å². The highest BCUT2D eigenvalue weighted by Gasteiger charge is 2.27. The zero-order chi connectivity index (χ0) is 13.4. The summed E-state index contributed by atoms with van der Waals surface area (Å²) in [6.07, 6.45) is 0.949. The van der Waals surface area contributed by atoms with Crippen LogP contribution in [0.2, 0.25) is 0 Å². The first-order valence-corrected chi connectivity index (χ1v) is 7.31. The number of nitrogens with two attached hydrogens (primary N) is 1. The second-order valence-corrected chi connectivity index (χ2v) is 6.10. The summed E-state index contributed by atoms with van der Waals surface area (Å²) in [7, 11) is 0. The molecule has 0 spiro atoms. The Morgan fingerprint density at radius 2 is 1.89 bits per heavy atom. The van der Waals surface area contributed by atoms with E-state index in [0.717, 1.165) is 16.6 Å². The van der Waals surface area contributed by atoms with Crippen molar-refractivity contribution >= 4 is 21.6 Å². The lowest BCUT2D eigenvalue weighted by Crippen LogP contribution is -2.10. The van der Waals surface area contributed by atoms with Gasteiger partial charge < -0.3 is 11.1 Å². The molecule has 3 N–H and O–H groups in total. The zero-order valence-electron chi connectivity index (χ0n) is 10.9. The van der Waals surface area contributed by atoms with E-state index in [1.807, 2.05) is 0 Å². The van der Waals surface area contributed by atoms with Crippen molar-refractivity contribution in [3.8, 4) is 0 Å². The Balaban J connectivity index is 1.89. The molecule has 0 amide bonds. The average Bonchev–Trinajstić information content (AvgIpc) is 2.66. The van der Waals surface area contributed by atoms with Gasteiger partial charge in [0.1, 0.15) is 0 Å². The third-order valence-corrected chi connectivity index (χ3v) is 4.10. The number of benzene rings is 2. The third kappa shape index (κ3) is 2.53. The molecule has 0 radical (unpaired) electrons. The van der Waals surface area contributed by atoms with Gasteiger partial charge in [0, 0.05) is 16.2 Å². The molecule has 0 aliphatic heterocycles. The van der Waals surface area contributed by atoms with E-state index in [1.165, 1.54) is 16.7 Å². The van der Waals surface area contributed by atoms with Crippen molar-refractivity contribution in [3.05, 3.63) is 63.6 Å². The molecule has 3 rings (SSSR count). The standard InChI is InChI=1S/C16H17BrN2/c1-10-6-11(17)8-12(7-10)19-16-9-15(18)13-4-2-3-5-14(13)16/h2-8,15-16,19H,9,18H2,1H3. The third-order valence-electron chi connectivity index (χ3n) is 3.64. The van der Waals surface area contributed by atoms with E-state index in [0.29, 0.717) is 6.04 Å². The van der Waals surface area contributed by atoms with Gasteiger partial charge in [0.15, 0.2) is 0 Å². The van der Waals surface area contributed by atoms with Crippen LogP contribution in [0.15, 0.2) is 46.9 Å². The first kappa shape index (κ1) is 12.7. The molecular weight excluding hydrogens is 300 g/mol. The fourth-order valence-corrected chi connectivity index (χ4v) is 3.44. The normalized spacial score (nSPS) is 21.2. The van der Waals surface area contributed by atoms with Crippen LogP contribution in [0.5, 0.6) is 0 Å². The van der Waals surface area contributed by atoms with E-state index in [9.17, 15) is 0 Å². The van der Waals surface area contributed by atoms with E-state index in [1.54, 1.807) is 0 Å². The molecule has 2 aromatic rings. The molecule has 2 nitrogen and oxygen atoms in total. The molecule has 0 saturated carbocycles. The van der Waals surface area contributed by atoms with Crippen molar-refractivity contribution in [2.45, 2.75) is 25.4 Å². The van der Waals surface area contributed by atoms with Gasteiger partial charge in [-0.2, -0.15) is 0 Å². The SMILES string of the molecule is Cc1cc(Br)cc(NC2CC(N)c3ccccc32)c1. The number of nitrogens with one attached hydrogen (secondary N) is 1. The quantitative estimate of drug-likeness (QED) is 0.866. The van der Waals surface area contributed by atoms with Crippen LogP contribution in [0.3, 0.4) is 0 Å². The lowest BCUT2D eigenvalue weighted by atomic mass is 10.1. The van der Waals surface area contributed by atoms with E-state index < -0.39 is 0 Å². The topological polar surface area (TPSA) is 38.0 Å². The average molecular weight is 317 g/mol. The molecule has 98 valence electrons. The van der Waals surface area contributed by atoms with Gasteiger partial charge in [0.2, 0.25) is 0 Å². The molecule has 0 saturated heterocycles. The smallest absolute Gasteiger partial charge is 0.0535 e. The van der Waals surface area contributed by atoms with Crippen LogP contribution in [0.25, 0.3) is 0 Å². The number of rotatable bonds is 2. The summed E-state index contributed by atoms with van der Waals surface area (Å²) >= 11 is 3.54. The molecule has 3 heteroatoms. The van der Waals surface area contributed by atoms with E-state index in [4.69, 9.17) is 5.73 Å². The second-order valence-electron chi connectivity index (χ2n) is 5.19. The van der Waals surface area contributed by atoms with Crippen molar-refractivity contribution in [2.24, 2.45) is 5.73 Å². The Labute approximate surface area is 122 Å². The van der Waals surface area contributed by atoms with Gasteiger partial charge in [-0.05, 0) is 48.2 Å². The molecule has 1 aliphatic carbocycles. The Bertz CT molecular complexity index is 589. The van der Waals surface area contributed by atoms with E-state index >= 15 is 0 Å². The van der Waals surface area contributed by atoms with Crippen LogP contribution in [0, 0.1) is 6.92 Å². The summed E-state index contributed by atoms with van der Waals surface area (Å²) < 4.78 is 1.10. The highest BCUT2D eigenvalue weighted by Crippen LogP contribution is 2.39. The summed E-state index contributed by atoms with van der Waals surface area (Å²) in [6.45, 7) is 2.10. The molecule has 1 aliphatic rings. The van der Waals surface area contributed by atoms with Gasteiger partial charge in [0.25, 0.3) is 0 Å². The maximum Gasteiger partial charge on any atom is 0.0535 e. The summed E-state index contributed by atoms with van der Waals surface area (Å²) in [5.41, 5.74) is 11.2. The Kier molecular flexibility index (Phi) is 3.33. The molecule has 0 fully saturated rings. The number of anilines is 1. The Morgan fingerprint density at radius 1 is 1.16 bits per heavy atom. The number of hydrogen-bond donors (Lipinski definition) is 2. The summed E-state index contributed by atoms with van der Waals surface area (Å²) in [6, 6.07) is 15.3. The summed E-state index contributed by atoms with van der Waals surface area (Å²) in [5, 5.41) is 3.60. The van der Waals surface area contributed by atoms with Gasteiger partial charge in [0.05, 0.1) is 6.04 Å². The van der Waals surface area contributed by atoms with Crippen LogP contribution >= 0.6 is 15.9 Å². The molecule has 2 unspecified atom stereocenters. The predicted octanol–water partition coefficient (Wildman–Crippen LogP) is 4.31. The minimum absolute atomic E-state index is 0.141. The maximum atomic E-state index is 6.20. The number of hydrogen-bond acceptors (Lipinski definition) is 2. The minimum atomic E-state index is 0.141. The van der Waals surface area contributed by atoms with Crippen LogP contribution in [-0.2, 0) is 0 Å². The summed E-state index contributed by atoms with van der Waals surface area (Å²) in [5.74, 6) is 0. The van der Waals surface area contributed by atoms with Crippen LogP contribution < -0.4 is 11.1 Å². The van der Waals surface area contributed by atoms with Gasteiger partial charge in [-0.1, -0.05) is 40.2 Å². The van der Waals surface area contributed by atoms with Crippen molar-refractivity contribution in [1.82, 2.24) is 0 Å². The van der Waals surface area contributed by atoms with Crippen molar-refractivity contribution in [1.29, 1.82) is 0 Å². The fourth-order valence-electron chi connectivity index (χ4n) is 2.83. The highest BCUT2D eigenvalue weighted by molar-refractivity contribution is 9.10. The molecule has 0 bridgehead atoms. The number of aryl methyl sites for hydroxylation is 1. The molecule has 19 heavy (non-hydrogen) atoms. The van der Waals surface area contributed by atoms with Gasteiger partial charge in [-0.3, -0.25) is 0 Å². The predicted molar refractivity (Wildman–Crippen MR) is 83.2 cm³/mol. The highest BCUT2D eigenvalue weighted by atomic mass is 79.9. The van der Waals surface area contributed by atoms with Gasteiger partial charge in [-0.15, -0.1) is 0 Å². The zero-order valence-corrected chi connectivity index (χ0v) is 12.4. The first-order valence-electron chi connectivity index (χ1n) is 6.51. The molecule has 0 aromatic heterocycles. The molecule has 0 heterocycles. The van der Waals surface area contributed by atoms with Gasteiger partial charge in [-0.25, -0.2) is 0 Å².